The lowest BCUT2D eigenvalue weighted by molar-refractivity contribution is -0.137. The summed E-state index contributed by atoms with van der Waals surface area (Å²) in [6.45, 7) is 2.62. The molecule has 2 N–H and O–H groups in total. The van der Waals surface area contributed by atoms with E-state index >= 15 is 0 Å². The molecule has 1 aliphatic rings. The van der Waals surface area contributed by atoms with Gasteiger partial charge in [-0.2, -0.15) is 13.2 Å². The lowest BCUT2D eigenvalue weighted by Gasteiger charge is -2.29. The first kappa shape index (κ1) is 16.3. The second-order valence-electron chi connectivity index (χ2n) is 5.87. The maximum absolute atomic E-state index is 12.9. The van der Waals surface area contributed by atoms with Gasteiger partial charge in [0, 0.05) is 29.7 Å². The molecule has 1 saturated carbocycles. The zero-order chi connectivity index (χ0) is 16.6. The van der Waals surface area contributed by atoms with Crippen molar-refractivity contribution in [2.75, 3.05) is 5.73 Å². The second kappa shape index (κ2) is 6.13. The molecule has 1 aromatic carbocycles. The molecule has 0 spiro atoms. The van der Waals surface area contributed by atoms with Crippen molar-refractivity contribution in [2.24, 2.45) is 0 Å². The van der Waals surface area contributed by atoms with Gasteiger partial charge in [-0.25, -0.2) is 4.98 Å². The van der Waals surface area contributed by atoms with Gasteiger partial charge in [-0.05, 0) is 37.5 Å². The van der Waals surface area contributed by atoms with Gasteiger partial charge < -0.3 is 5.73 Å². The number of hydrogen-bond donors (Lipinski definition) is 1. The van der Waals surface area contributed by atoms with E-state index in [0.29, 0.717) is 23.3 Å². The molecule has 1 heterocycles. The molecule has 1 unspecified atom stereocenters. The number of nitrogens with zero attached hydrogens (tertiary/aromatic N) is 2. The lowest BCUT2D eigenvalue weighted by atomic mass is 10.0. The number of benzene rings is 1. The van der Waals surface area contributed by atoms with Crippen molar-refractivity contribution in [3.63, 3.8) is 0 Å². The molecule has 23 heavy (non-hydrogen) atoms. The van der Waals surface area contributed by atoms with Gasteiger partial charge in [0.1, 0.15) is 0 Å². The Bertz CT molecular complexity index is 679. The summed E-state index contributed by atoms with van der Waals surface area (Å²) in [5.41, 5.74) is 5.75. The van der Waals surface area contributed by atoms with Crippen LogP contribution in [0.1, 0.15) is 41.8 Å². The third kappa shape index (κ3) is 3.84. The van der Waals surface area contributed by atoms with Crippen molar-refractivity contribution in [1.29, 1.82) is 0 Å². The molecule has 0 radical (unpaired) electrons. The minimum absolute atomic E-state index is 0.0897. The molecular formula is C16H18F3N3S. The molecule has 1 atom stereocenters. The van der Waals surface area contributed by atoms with Crippen LogP contribution in [-0.2, 0) is 12.7 Å². The van der Waals surface area contributed by atoms with Gasteiger partial charge in [-0.3, -0.25) is 4.90 Å². The van der Waals surface area contributed by atoms with Crippen LogP contribution in [0, 0.1) is 0 Å². The van der Waals surface area contributed by atoms with Crippen molar-refractivity contribution < 1.29 is 13.2 Å². The molecule has 1 aliphatic carbocycles. The fraction of sp³-hybridized carbons (Fsp3) is 0.438. The third-order valence-corrected chi connectivity index (χ3v) is 4.93. The van der Waals surface area contributed by atoms with E-state index < -0.39 is 11.7 Å². The van der Waals surface area contributed by atoms with E-state index in [9.17, 15) is 13.2 Å². The normalized spacial score (nSPS) is 16.7. The van der Waals surface area contributed by atoms with Gasteiger partial charge in [-0.15, -0.1) is 11.3 Å². The average molecular weight is 341 g/mol. The highest BCUT2D eigenvalue weighted by Gasteiger charge is 2.35. The van der Waals surface area contributed by atoms with Crippen LogP contribution >= 0.6 is 11.3 Å². The standard InChI is InChI=1S/C16H18F3N3S/c1-10(11-3-2-4-12(7-11)16(17,18)19)22(13-5-6-13)9-14-8-21-15(20)23-14/h2-4,7-8,10,13H,5-6,9H2,1H3,(H2,20,21). The van der Waals surface area contributed by atoms with Gasteiger partial charge in [0.25, 0.3) is 0 Å². The molecule has 124 valence electrons. The monoisotopic (exact) mass is 341 g/mol. The van der Waals surface area contributed by atoms with Crippen LogP contribution in [0.3, 0.4) is 0 Å². The van der Waals surface area contributed by atoms with Gasteiger partial charge in [0.15, 0.2) is 5.13 Å². The number of rotatable bonds is 5. The number of halogens is 3. The van der Waals surface area contributed by atoms with Crippen LogP contribution in [0.25, 0.3) is 0 Å². The quantitative estimate of drug-likeness (QED) is 0.872. The van der Waals surface area contributed by atoms with Crippen molar-refractivity contribution in [1.82, 2.24) is 9.88 Å². The van der Waals surface area contributed by atoms with Gasteiger partial charge in [0.2, 0.25) is 0 Å². The van der Waals surface area contributed by atoms with Crippen LogP contribution in [0.2, 0.25) is 0 Å². The fourth-order valence-corrected chi connectivity index (χ4v) is 3.42. The zero-order valence-electron chi connectivity index (χ0n) is 12.7. The topological polar surface area (TPSA) is 42.2 Å². The Morgan fingerprint density at radius 3 is 2.70 bits per heavy atom. The molecule has 7 heteroatoms. The number of alkyl halides is 3. The Kier molecular flexibility index (Phi) is 4.33. The predicted octanol–water partition coefficient (Wildman–Crippen LogP) is 4.47. The van der Waals surface area contributed by atoms with E-state index in [-0.39, 0.29) is 6.04 Å². The molecule has 0 amide bonds. The van der Waals surface area contributed by atoms with E-state index in [4.69, 9.17) is 5.73 Å². The van der Waals surface area contributed by atoms with Crippen LogP contribution in [0.5, 0.6) is 0 Å². The van der Waals surface area contributed by atoms with Gasteiger partial charge in [0.05, 0.1) is 5.56 Å². The highest BCUT2D eigenvalue weighted by Crippen LogP contribution is 2.38. The predicted molar refractivity (Wildman–Crippen MR) is 85.0 cm³/mol. The van der Waals surface area contributed by atoms with Crippen molar-refractivity contribution >= 4 is 16.5 Å². The van der Waals surface area contributed by atoms with Crippen LogP contribution in [0.4, 0.5) is 18.3 Å². The number of aromatic nitrogens is 1. The zero-order valence-corrected chi connectivity index (χ0v) is 13.5. The summed E-state index contributed by atoms with van der Waals surface area (Å²) in [4.78, 5) is 7.32. The fourth-order valence-electron chi connectivity index (χ4n) is 2.73. The highest BCUT2D eigenvalue weighted by atomic mass is 32.1. The maximum Gasteiger partial charge on any atom is 0.416 e. The largest absolute Gasteiger partial charge is 0.416 e. The molecular weight excluding hydrogens is 323 g/mol. The molecule has 3 nitrogen and oxygen atoms in total. The molecule has 1 fully saturated rings. The number of hydrogen-bond acceptors (Lipinski definition) is 4. The maximum atomic E-state index is 12.9. The summed E-state index contributed by atoms with van der Waals surface area (Å²) in [7, 11) is 0. The number of anilines is 1. The Morgan fingerprint density at radius 1 is 1.39 bits per heavy atom. The Morgan fingerprint density at radius 2 is 2.13 bits per heavy atom. The molecule has 2 aromatic rings. The third-order valence-electron chi connectivity index (χ3n) is 4.12. The SMILES string of the molecule is CC(c1cccc(C(F)(F)F)c1)N(Cc1cnc(N)s1)C1CC1. The highest BCUT2D eigenvalue weighted by molar-refractivity contribution is 7.15. The first-order valence-electron chi connectivity index (χ1n) is 7.47. The van der Waals surface area contributed by atoms with Gasteiger partial charge >= 0.3 is 6.18 Å². The summed E-state index contributed by atoms with van der Waals surface area (Å²) >= 11 is 1.43. The van der Waals surface area contributed by atoms with E-state index in [1.165, 1.54) is 23.5 Å². The second-order valence-corrected chi connectivity index (χ2v) is 7.01. The number of thiazole rings is 1. The van der Waals surface area contributed by atoms with E-state index in [0.717, 1.165) is 23.8 Å². The van der Waals surface area contributed by atoms with Gasteiger partial charge in [-0.1, -0.05) is 12.1 Å². The Labute approximate surface area is 136 Å². The van der Waals surface area contributed by atoms with E-state index in [1.807, 2.05) is 6.92 Å². The van der Waals surface area contributed by atoms with Crippen LogP contribution < -0.4 is 5.73 Å². The molecule has 3 rings (SSSR count). The summed E-state index contributed by atoms with van der Waals surface area (Å²) in [6, 6.07) is 5.93. The van der Waals surface area contributed by atoms with E-state index in [2.05, 4.69) is 9.88 Å². The molecule has 0 aliphatic heterocycles. The Balaban J connectivity index is 1.82. The number of nitrogens with two attached hydrogens (primary N) is 1. The lowest BCUT2D eigenvalue weighted by Crippen LogP contribution is -2.28. The van der Waals surface area contributed by atoms with Crippen LogP contribution in [-0.4, -0.2) is 15.9 Å². The molecule has 0 bridgehead atoms. The summed E-state index contributed by atoms with van der Waals surface area (Å²) in [5, 5.41) is 0.516. The van der Waals surface area contributed by atoms with Crippen molar-refractivity contribution in [3.8, 4) is 0 Å². The van der Waals surface area contributed by atoms with Crippen molar-refractivity contribution in [3.05, 3.63) is 46.5 Å². The first-order valence-corrected chi connectivity index (χ1v) is 8.29. The summed E-state index contributed by atoms with van der Waals surface area (Å²) in [6.07, 6.45) is -0.407. The Hall–Kier alpha value is -1.60. The van der Waals surface area contributed by atoms with E-state index in [1.54, 1.807) is 12.3 Å². The summed E-state index contributed by atoms with van der Waals surface area (Å²) < 4.78 is 38.8. The van der Waals surface area contributed by atoms with Crippen molar-refractivity contribution in [2.45, 2.75) is 44.6 Å². The average Bonchev–Trinajstić information content (AvgIpc) is 3.26. The minimum atomic E-state index is -4.31. The smallest absolute Gasteiger partial charge is 0.375 e. The number of nitrogen functional groups attached to an aromatic ring is 1. The molecule has 1 aromatic heterocycles. The summed E-state index contributed by atoms with van der Waals surface area (Å²) in [5.74, 6) is 0. The van der Waals surface area contributed by atoms with Crippen LogP contribution in [0.15, 0.2) is 30.5 Å². The minimum Gasteiger partial charge on any atom is -0.375 e. The molecule has 0 saturated heterocycles. The first-order chi connectivity index (χ1) is 10.8.